The van der Waals surface area contributed by atoms with Crippen LogP contribution in [0.1, 0.15) is 46.2 Å². The van der Waals surface area contributed by atoms with E-state index >= 15 is 0 Å². The topological polar surface area (TPSA) is 129 Å². The molecule has 3 aromatic carbocycles. The molecule has 0 radical (unpaired) electrons. The number of hydrogen-bond acceptors (Lipinski definition) is 8. The van der Waals surface area contributed by atoms with Gasteiger partial charge in [-0.15, -0.1) is 0 Å². The molecule has 330 valence electrons. The van der Waals surface area contributed by atoms with E-state index in [9.17, 15) is 26.3 Å². The van der Waals surface area contributed by atoms with Crippen molar-refractivity contribution in [1.29, 1.82) is 0 Å². The molecule has 0 spiro atoms. The Morgan fingerprint density at radius 1 is 0.516 bits per heavy atom. The molecule has 2 aromatic heterocycles. The van der Waals surface area contributed by atoms with Crippen LogP contribution in [0, 0.1) is 0 Å². The van der Waals surface area contributed by atoms with E-state index in [1.165, 1.54) is 67.3 Å². The van der Waals surface area contributed by atoms with Gasteiger partial charge in [-0.25, -0.2) is 16.8 Å². The second kappa shape index (κ2) is 19.2. The second-order valence-corrected chi connectivity index (χ2v) is 17.6. The Balaban J connectivity index is 0.000000386. The van der Waals surface area contributed by atoms with Crippen LogP contribution in [0.5, 0.6) is 0 Å². The molecule has 62 heavy (non-hydrogen) atoms. The Morgan fingerprint density at radius 2 is 0.823 bits per heavy atom. The Hall–Kier alpha value is -5.56. The zero-order valence-electron chi connectivity index (χ0n) is 34.1. The summed E-state index contributed by atoms with van der Waals surface area (Å²) >= 11 is 0. The SMILES string of the molecule is CN(C)c1ccc(/C=C/c2cc[n+]3c(c2)-c2c(ccc4c2-c2cc(/C=C/c5ccc(N(C)C)cc5)cc[n+]2CCC4)CCC3)cc1.O=S(=O)([O-])C(F)(F)F.O=S(=O)([O-])C(F)(F)F. The summed E-state index contributed by atoms with van der Waals surface area (Å²) in [7, 11) is -3.86. The smallest absolute Gasteiger partial charge is 0.485 e. The molecule has 10 nitrogen and oxygen atoms in total. The molecule has 0 saturated heterocycles. The van der Waals surface area contributed by atoms with Crippen molar-refractivity contribution >= 4 is 55.9 Å². The number of pyridine rings is 2. The fourth-order valence-corrected chi connectivity index (χ4v) is 6.84. The molecule has 18 heteroatoms. The van der Waals surface area contributed by atoms with Gasteiger partial charge in [-0.1, -0.05) is 60.7 Å². The minimum atomic E-state index is -6.09. The minimum absolute atomic E-state index is 1.03. The van der Waals surface area contributed by atoms with Crippen molar-refractivity contribution in [1.82, 2.24) is 0 Å². The summed E-state index contributed by atoms with van der Waals surface area (Å²) in [5.41, 5.74) is 4.41. The first-order valence-corrected chi connectivity index (χ1v) is 21.9. The molecule has 0 fully saturated rings. The van der Waals surface area contributed by atoms with Gasteiger partial charge in [-0.3, -0.25) is 0 Å². The number of nitrogens with zero attached hydrogens (tertiary/aromatic N) is 4. The summed E-state index contributed by atoms with van der Waals surface area (Å²) in [4.78, 5) is 4.27. The van der Waals surface area contributed by atoms with Gasteiger partial charge in [0, 0.05) is 76.7 Å². The Labute approximate surface area is 357 Å². The van der Waals surface area contributed by atoms with E-state index in [1.54, 1.807) is 0 Å². The van der Waals surface area contributed by atoms with Gasteiger partial charge in [-0.2, -0.15) is 35.5 Å². The predicted octanol–water partition coefficient (Wildman–Crippen LogP) is 8.06. The number of fused-ring (bicyclic) bond motifs is 7. The Bertz CT molecular complexity index is 2480. The molecular formula is C44H44F6N4O6S2. The van der Waals surface area contributed by atoms with Crippen LogP contribution in [0.15, 0.2) is 97.3 Å². The molecular weight excluding hydrogens is 859 g/mol. The summed E-state index contributed by atoms with van der Waals surface area (Å²) in [5, 5.41) is 0. The maximum atomic E-state index is 10.7. The number of benzene rings is 3. The van der Waals surface area contributed by atoms with Gasteiger partial charge in [0.25, 0.3) is 0 Å². The van der Waals surface area contributed by atoms with Crippen molar-refractivity contribution in [3.63, 3.8) is 0 Å². The van der Waals surface area contributed by atoms with Gasteiger partial charge in [0.15, 0.2) is 32.6 Å². The van der Waals surface area contributed by atoms with E-state index in [4.69, 9.17) is 25.9 Å². The average molecular weight is 903 g/mol. The van der Waals surface area contributed by atoms with Crippen molar-refractivity contribution in [2.45, 2.75) is 49.8 Å². The first-order chi connectivity index (χ1) is 28.9. The van der Waals surface area contributed by atoms with Crippen LogP contribution in [-0.2, 0) is 46.2 Å². The highest BCUT2D eigenvalue weighted by atomic mass is 32.2. The number of alkyl halides is 6. The zero-order chi connectivity index (χ0) is 45.6. The van der Waals surface area contributed by atoms with Crippen LogP contribution in [0.2, 0.25) is 0 Å². The number of aryl methyl sites for hydroxylation is 4. The van der Waals surface area contributed by atoms with Crippen LogP contribution in [-0.4, -0.2) is 65.1 Å². The quantitative estimate of drug-likeness (QED) is 0.0725. The number of anilines is 2. The van der Waals surface area contributed by atoms with Gasteiger partial charge in [0.05, 0.1) is 11.1 Å². The van der Waals surface area contributed by atoms with Crippen molar-refractivity contribution < 1.29 is 61.4 Å². The summed E-state index contributed by atoms with van der Waals surface area (Å²) < 4.78 is 123. The largest absolute Gasteiger partial charge is 0.741 e. The van der Waals surface area contributed by atoms with Crippen LogP contribution in [0.3, 0.4) is 0 Å². The summed E-state index contributed by atoms with van der Waals surface area (Å²) in [6.45, 7) is 2.06. The van der Waals surface area contributed by atoms with E-state index < -0.39 is 31.3 Å². The third-order valence-corrected chi connectivity index (χ3v) is 11.2. The van der Waals surface area contributed by atoms with Crippen molar-refractivity contribution in [3.8, 4) is 22.5 Å². The lowest BCUT2D eigenvalue weighted by atomic mass is 9.88. The van der Waals surface area contributed by atoms with Crippen LogP contribution < -0.4 is 18.9 Å². The first-order valence-electron chi connectivity index (χ1n) is 19.1. The van der Waals surface area contributed by atoms with E-state index in [2.05, 4.69) is 169 Å². The van der Waals surface area contributed by atoms with Crippen molar-refractivity contribution in [2.24, 2.45) is 0 Å². The second-order valence-electron chi connectivity index (χ2n) is 14.9. The van der Waals surface area contributed by atoms with Crippen LogP contribution >= 0.6 is 0 Å². The molecule has 0 saturated carbocycles. The normalized spacial score (nSPS) is 13.9. The van der Waals surface area contributed by atoms with E-state index in [0.29, 0.717) is 0 Å². The van der Waals surface area contributed by atoms with Gasteiger partial charge in [-0.05, 0) is 70.5 Å². The maximum absolute atomic E-state index is 10.7. The van der Waals surface area contributed by atoms with Crippen LogP contribution in [0.25, 0.3) is 46.8 Å². The Morgan fingerprint density at radius 3 is 1.11 bits per heavy atom. The molecule has 4 heterocycles. The molecule has 0 N–H and O–H groups in total. The fraction of sp³-hybridized carbons (Fsp3) is 0.273. The lowest BCUT2D eigenvalue weighted by molar-refractivity contribution is -0.687. The highest BCUT2D eigenvalue weighted by Crippen LogP contribution is 2.39. The average Bonchev–Trinajstić information content (AvgIpc) is 3.49. The van der Waals surface area contributed by atoms with Gasteiger partial charge in [0.1, 0.15) is 13.1 Å². The first kappa shape index (κ1) is 47.5. The minimum Gasteiger partial charge on any atom is -0.741 e. The highest BCUT2D eigenvalue weighted by Gasteiger charge is 2.37. The van der Waals surface area contributed by atoms with Gasteiger partial charge in [0.2, 0.25) is 11.4 Å². The summed E-state index contributed by atoms with van der Waals surface area (Å²) in [5.74, 6) is 0. The number of aromatic nitrogens is 2. The van der Waals surface area contributed by atoms with E-state index in [0.717, 1.165) is 38.8 Å². The van der Waals surface area contributed by atoms with Crippen LogP contribution in [0.4, 0.5) is 37.7 Å². The molecule has 0 bridgehead atoms. The van der Waals surface area contributed by atoms with Crippen molar-refractivity contribution in [2.75, 3.05) is 38.0 Å². The van der Waals surface area contributed by atoms with Crippen molar-refractivity contribution in [3.05, 3.63) is 131 Å². The zero-order valence-corrected chi connectivity index (χ0v) is 35.7. The fourth-order valence-electron chi connectivity index (χ4n) is 6.84. The van der Waals surface area contributed by atoms with Gasteiger partial charge < -0.3 is 18.9 Å². The molecule has 5 aromatic rings. The lowest BCUT2D eigenvalue weighted by Gasteiger charge is -2.14. The Kier molecular flexibility index (Phi) is 14.7. The molecule has 0 amide bonds. The van der Waals surface area contributed by atoms with Gasteiger partial charge >= 0.3 is 11.0 Å². The molecule has 2 aliphatic rings. The number of rotatable bonds is 6. The summed E-state index contributed by atoms with van der Waals surface area (Å²) in [6.07, 6.45) is 18.0. The maximum Gasteiger partial charge on any atom is 0.485 e. The molecule has 0 atom stereocenters. The monoisotopic (exact) mass is 902 g/mol. The van der Waals surface area contributed by atoms with E-state index in [-0.39, 0.29) is 0 Å². The molecule has 2 aliphatic heterocycles. The lowest BCUT2D eigenvalue weighted by Crippen LogP contribution is -2.36. The van der Waals surface area contributed by atoms with E-state index in [1.807, 2.05) is 0 Å². The number of hydrogen-bond donors (Lipinski definition) is 0. The number of halogens is 6. The third-order valence-electron chi connectivity index (χ3n) is 10.0. The predicted molar refractivity (Wildman–Crippen MR) is 225 cm³/mol. The molecule has 0 unspecified atom stereocenters. The third kappa shape index (κ3) is 12.1. The summed E-state index contributed by atoms with van der Waals surface area (Å²) in [6, 6.07) is 31.6. The molecule has 0 aliphatic carbocycles. The standard InChI is InChI=1S/C42H44N4.2CHF3O3S/c1-43(2)37-19-13-31(14-20-37)9-11-33-23-27-45-25-5-7-35-17-18-36-8-6-26-46-28-24-34(30-40(46)42(36)41(35)39(45)29-33)12-10-32-15-21-38(22-16-32)44(3)4;2*2-1(3,4)8(5,6)7/h9-24,27-30H,5-8,25-26H2,1-4H3;2*(H,5,6,7)/q+2;;/p-2. The molecule has 7 rings (SSSR count). The highest BCUT2D eigenvalue weighted by molar-refractivity contribution is 7.86.